The van der Waals surface area contributed by atoms with E-state index in [4.69, 9.17) is 0 Å². The number of phenols is 1. The molecule has 5 nitrogen and oxygen atoms in total. The Kier molecular flexibility index (Phi) is 4.21. The number of hydrogen-bond acceptors (Lipinski definition) is 3. The van der Waals surface area contributed by atoms with Gasteiger partial charge in [0.2, 0.25) is 0 Å². The maximum absolute atomic E-state index is 12.0. The summed E-state index contributed by atoms with van der Waals surface area (Å²) in [6.45, 7) is 2.52. The average Bonchev–Trinajstić information content (AvgIpc) is 2.81. The molecule has 0 bridgehead atoms. The first-order valence-electron chi connectivity index (χ1n) is 5.81. The van der Waals surface area contributed by atoms with Crippen molar-refractivity contribution in [3.05, 3.63) is 47.0 Å². The molecule has 0 aliphatic rings. The van der Waals surface area contributed by atoms with E-state index in [1.165, 1.54) is 6.07 Å². The van der Waals surface area contributed by atoms with Crippen LogP contribution >= 0.6 is 15.9 Å². The highest BCUT2D eigenvalue weighted by Gasteiger charge is 2.14. The van der Waals surface area contributed by atoms with Gasteiger partial charge in [0.05, 0.1) is 11.9 Å². The van der Waals surface area contributed by atoms with Crippen molar-refractivity contribution in [3.8, 4) is 5.75 Å². The lowest BCUT2D eigenvalue weighted by Crippen LogP contribution is -2.35. The molecule has 0 spiro atoms. The molecular weight excluding hydrogens is 310 g/mol. The standard InChI is InChI=1S/C13H14BrN3O2/c1-9(7-17-5-4-15-8-17)16-13(19)11-3-2-10(14)6-12(11)18/h2-6,8-9,18H,7H2,1H3,(H,16,19)/t9-/m1/s1. The van der Waals surface area contributed by atoms with E-state index in [1.54, 1.807) is 24.7 Å². The van der Waals surface area contributed by atoms with Gasteiger partial charge in [-0.3, -0.25) is 4.79 Å². The zero-order chi connectivity index (χ0) is 13.8. The highest BCUT2D eigenvalue weighted by Crippen LogP contribution is 2.22. The molecule has 1 aromatic heterocycles. The maximum Gasteiger partial charge on any atom is 0.255 e. The number of amides is 1. The highest BCUT2D eigenvalue weighted by atomic mass is 79.9. The number of benzene rings is 1. The predicted octanol–water partition coefficient (Wildman–Crippen LogP) is 2.17. The fraction of sp³-hybridized carbons (Fsp3) is 0.231. The lowest BCUT2D eigenvalue weighted by Gasteiger charge is -2.15. The zero-order valence-electron chi connectivity index (χ0n) is 10.4. The van der Waals surface area contributed by atoms with Crippen molar-refractivity contribution in [2.45, 2.75) is 19.5 Å². The number of nitrogens with zero attached hydrogens (tertiary/aromatic N) is 2. The Labute approximate surface area is 119 Å². The predicted molar refractivity (Wildman–Crippen MR) is 75.0 cm³/mol. The second-order valence-electron chi connectivity index (χ2n) is 4.30. The van der Waals surface area contributed by atoms with Gasteiger partial charge in [0.1, 0.15) is 5.75 Å². The van der Waals surface area contributed by atoms with Crippen LogP contribution in [0.1, 0.15) is 17.3 Å². The van der Waals surface area contributed by atoms with E-state index in [0.29, 0.717) is 6.54 Å². The van der Waals surface area contributed by atoms with Crippen LogP contribution in [0.25, 0.3) is 0 Å². The van der Waals surface area contributed by atoms with E-state index in [-0.39, 0.29) is 23.3 Å². The molecule has 0 saturated carbocycles. The topological polar surface area (TPSA) is 67.2 Å². The van der Waals surface area contributed by atoms with Crippen molar-refractivity contribution >= 4 is 21.8 Å². The van der Waals surface area contributed by atoms with Gasteiger partial charge < -0.3 is 15.0 Å². The summed E-state index contributed by atoms with van der Waals surface area (Å²) in [5, 5.41) is 12.6. The first-order chi connectivity index (χ1) is 9.06. The third-order valence-electron chi connectivity index (χ3n) is 2.63. The number of phenolic OH excluding ortho intramolecular Hbond substituents is 1. The molecule has 19 heavy (non-hydrogen) atoms. The van der Waals surface area contributed by atoms with Crippen LogP contribution in [0, 0.1) is 0 Å². The Morgan fingerprint density at radius 3 is 3.00 bits per heavy atom. The van der Waals surface area contributed by atoms with Gasteiger partial charge >= 0.3 is 0 Å². The van der Waals surface area contributed by atoms with E-state index >= 15 is 0 Å². The summed E-state index contributed by atoms with van der Waals surface area (Å²) in [5.74, 6) is -0.334. The number of rotatable bonds is 4. The Morgan fingerprint density at radius 2 is 2.37 bits per heavy atom. The highest BCUT2D eigenvalue weighted by molar-refractivity contribution is 9.10. The molecule has 2 aromatic rings. The molecule has 0 saturated heterocycles. The average molecular weight is 324 g/mol. The molecule has 0 aliphatic heterocycles. The van der Waals surface area contributed by atoms with Gasteiger partial charge in [-0.25, -0.2) is 4.98 Å². The first-order valence-corrected chi connectivity index (χ1v) is 6.60. The summed E-state index contributed by atoms with van der Waals surface area (Å²) in [6, 6.07) is 4.73. The number of halogens is 1. The SMILES string of the molecule is C[C@H](Cn1ccnc1)NC(=O)c1ccc(Br)cc1O. The molecule has 0 aliphatic carbocycles. The molecule has 2 N–H and O–H groups in total. The fourth-order valence-corrected chi connectivity index (χ4v) is 2.10. The second kappa shape index (κ2) is 5.88. The quantitative estimate of drug-likeness (QED) is 0.906. The van der Waals surface area contributed by atoms with Gasteiger partial charge in [-0.1, -0.05) is 15.9 Å². The van der Waals surface area contributed by atoms with Crippen molar-refractivity contribution < 1.29 is 9.90 Å². The van der Waals surface area contributed by atoms with Crippen LogP contribution < -0.4 is 5.32 Å². The molecule has 1 atom stereocenters. The summed E-state index contributed by atoms with van der Waals surface area (Å²) in [4.78, 5) is 15.9. The number of aromatic nitrogens is 2. The Morgan fingerprint density at radius 1 is 1.58 bits per heavy atom. The molecule has 0 radical (unpaired) electrons. The second-order valence-corrected chi connectivity index (χ2v) is 5.21. The van der Waals surface area contributed by atoms with Gasteiger partial charge in [-0.2, -0.15) is 0 Å². The van der Waals surface area contributed by atoms with Crippen LogP contribution in [0.2, 0.25) is 0 Å². The van der Waals surface area contributed by atoms with Crippen LogP contribution in [0.15, 0.2) is 41.4 Å². The number of carbonyl (C=O) groups excluding carboxylic acids is 1. The molecule has 0 fully saturated rings. The lowest BCUT2D eigenvalue weighted by atomic mass is 10.2. The van der Waals surface area contributed by atoms with Gasteiger partial charge in [-0.05, 0) is 25.1 Å². The van der Waals surface area contributed by atoms with Gasteiger partial charge in [0, 0.05) is 29.5 Å². The van der Waals surface area contributed by atoms with Gasteiger partial charge in [-0.15, -0.1) is 0 Å². The molecule has 1 aromatic carbocycles. The Hall–Kier alpha value is -1.82. The summed E-state index contributed by atoms with van der Waals surface area (Å²) in [6.07, 6.45) is 5.22. The summed E-state index contributed by atoms with van der Waals surface area (Å²) in [7, 11) is 0. The lowest BCUT2D eigenvalue weighted by molar-refractivity contribution is 0.0934. The molecule has 1 amide bonds. The molecule has 1 heterocycles. The van der Waals surface area contributed by atoms with Crippen molar-refractivity contribution in [3.63, 3.8) is 0 Å². The normalized spacial score (nSPS) is 12.1. The van der Waals surface area contributed by atoms with E-state index in [1.807, 2.05) is 17.7 Å². The number of hydrogen-bond donors (Lipinski definition) is 2. The third kappa shape index (κ3) is 3.57. The van der Waals surface area contributed by atoms with E-state index in [0.717, 1.165) is 4.47 Å². The van der Waals surface area contributed by atoms with Crippen LogP contribution in [-0.4, -0.2) is 26.6 Å². The minimum Gasteiger partial charge on any atom is -0.507 e. The number of aromatic hydroxyl groups is 1. The number of nitrogens with one attached hydrogen (secondary N) is 1. The van der Waals surface area contributed by atoms with Crippen LogP contribution in [0.4, 0.5) is 0 Å². The molecular formula is C13H14BrN3O2. The Bertz CT molecular complexity index is 569. The summed E-state index contributed by atoms with van der Waals surface area (Å²) >= 11 is 3.23. The monoisotopic (exact) mass is 323 g/mol. The van der Waals surface area contributed by atoms with E-state index in [2.05, 4.69) is 26.2 Å². The van der Waals surface area contributed by atoms with Crippen molar-refractivity contribution in [1.82, 2.24) is 14.9 Å². The largest absolute Gasteiger partial charge is 0.507 e. The third-order valence-corrected chi connectivity index (χ3v) is 3.12. The van der Waals surface area contributed by atoms with Crippen molar-refractivity contribution in [1.29, 1.82) is 0 Å². The van der Waals surface area contributed by atoms with Crippen molar-refractivity contribution in [2.75, 3.05) is 0 Å². The van der Waals surface area contributed by atoms with E-state index < -0.39 is 0 Å². The van der Waals surface area contributed by atoms with Crippen molar-refractivity contribution in [2.24, 2.45) is 0 Å². The number of imidazole rings is 1. The molecule has 6 heteroatoms. The molecule has 2 rings (SSSR count). The maximum atomic E-state index is 12.0. The Balaban J connectivity index is 2.00. The summed E-state index contributed by atoms with van der Waals surface area (Å²) < 4.78 is 2.61. The molecule has 0 unspecified atom stereocenters. The minimum absolute atomic E-state index is 0.0401. The fourth-order valence-electron chi connectivity index (χ4n) is 1.75. The van der Waals surface area contributed by atoms with Gasteiger partial charge in [0.25, 0.3) is 5.91 Å². The first kappa shape index (κ1) is 13.6. The smallest absolute Gasteiger partial charge is 0.255 e. The number of carbonyl (C=O) groups is 1. The van der Waals surface area contributed by atoms with Crippen LogP contribution in [0.3, 0.4) is 0 Å². The van der Waals surface area contributed by atoms with Gasteiger partial charge in [0.15, 0.2) is 0 Å². The van der Waals surface area contributed by atoms with E-state index in [9.17, 15) is 9.90 Å². The molecule has 100 valence electrons. The minimum atomic E-state index is -0.294. The summed E-state index contributed by atoms with van der Waals surface area (Å²) in [5.41, 5.74) is 0.265. The zero-order valence-corrected chi connectivity index (χ0v) is 12.0. The van der Waals surface area contributed by atoms with Crippen LogP contribution in [0.5, 0.6) is 5.75 Å². The van der Waals surface area contributed by atoms with Crippen LogP contribution in [-0.2, 0) is 6.54 Å².